The van der Waals surface area contributed by atoms with Crippen LogP contribution in [0.3, 0.4) is 0 Å². The Morgan fingerprint density at radius 2 is 0.807 bits per heavy atom. The van der Waals surface area contributed by atoms with E-state index in [0.717, 1.165) is 70.6 Å². The summed E-state index contributed by atoms with van der Waals surface area (Å²) in [5, 5.41) is 54.3. The number of unbranched alkanes of at least 4 members (excludes halogenated alkanes) is 39. The highest BCUT2D eigenvalue weighted by atomic mass is 16.7. The molecule has 83 heavy (non-hydrogen) atoms. The van der Waals surface area contributed by atoms with E-state index in [-0.39, 0.29) is 18.5 Å². The fourth-order valence-electron chi connectivity index (χ4n) is 10.8. The largest absolute Gasteiger partial charge is 0.466 e. The number of nitrogens with one attached hydrogen (secondary N) is 1. The van der Waals surface area contributed by atoms with Crippen LogP contribution in [0.2, 0.25) is 0 Å². The summed E-state index contributed by atoms with van der Waals surface area (Å²) in [4.78, 5) is 25.1. The minimum atomic E-state index is -1.57. The van der Waals surface area contributed by atoms with Crippen molar-refractivity contribution in [1.29, 1.82) is 0 Å². The third-order valence-electron chi connectivity index (χ3n) is 16.3. The van der Waals surface area contributed by atoms with Crippen molar-refractivity contribution in [3.8, 4) is 0 Å². The van der Waals surface area contributed by atoms with E-state index in [1.54, 1.807) is 6.08 Å². The topological polar surface area (TPSA) is 175 Å². The summed E-state index contributed by atoms with van der Waals surface area (Å²) in [5.74, 6) is -0.192. The Balaban J connectivity index is 1.93. The summed E-state index contributed by atoms with van der Waals surface area (Å²) >= 11 is 0. The van der Waals surface area contributed by atoms with E-state index in [1.165, 1.54) is 225 Å². The predicted octanol–water partition coefficient (Wildman–Crippen LogP) is 17.7. The number of allylic oxidation sites excluding steroid dienone is 9. The van der Waals surface area contributed by atoms with Crippen LogP contribution in [0.5, 0.6) is 0 Å². The van der Waals surface area contributed by atoms with Crippen LogP contribution in [0.25, 0.3) is 0 Å². The van der Waals surface area contributed by atoms with Crippen molar-refractivity contribution in [3.63, 3.8) is 0 Å². The first-order valence-electron chi connectivity index (χ1n) is 35.1. The maximum Gasteiger partial charge on any atom is 0.305 e. The molecule has 7 atom stereocenters. The van der Waals surface area contributed by atoms with E-state index in [4.69, 9.17) is 14.2 Å². The number of amides is 1. The molecule has 6 N–H and O–H groups in total. The number of hydrogen-bond donors (Lipinski definition) is 6. The summed E-state index contributed by atoms with van der Waals surface area (Å²) in [7, 11) is 0. The summed E-state index contributed by atoms with van der Waals surface area (Å²) in [5.41, 5.74) is 0. The molecule has 1 rings (SSSR count). The molecule has 1 heterocycles. The van der Waals surface area contributed by atoms with Crippen LogP contribution in [0.4, 0.5) is 0 Å². The molecule has 0 spiro atoms. The Hall–Kier alpha value is -2.64. The Bertz CT molecular complexity index is 1560. The smallest absolute Gasteiger partial charge is 0.305 e. The van der Waals surface area contributed by atoms with Gasteiger partial charge in [-0.1, -0.05) is 274 Å². The average Bonchev–Trinajstić information content (AvgIpc) is 3.58. The molecule has 1 saturated heterocycles. The minimum absolute atomic E-state index is 0.00917. The zero-order valence-electron chi connectivity index (χ0n) is 53.7. The van der Waals surface area contributed by atoms with E-state index >= 15 is 0 Å². The molecule has 484 valence electrons. The monoisotopic (exact) mass is 1170 g/mol. The number of hydrogen-bond acceptors (Lipinski definition) is 10. The summed E-state index contributed by atoms with van der Waals surface area (Å²) < 4.78 is 16.7. The SMILES string of the molecule is CCCCC/C=C\C/C=C\CCCCCCCC(=O)OCCCCCCCCCCC/C=C\C/C=C\CCCCCCCCCCCCCCCCCC(=O)NC(COC1OC(CO)C(O)C(O)C1O)C(O)/C=C/CCCCCCCCC. The summed E-state index contributed by atoms with van der Waals surface area (Å²) in [6, 6.07) is -0.809. The molecular formula is C72H131NO10. The van der Waals surface area contributed by atoms with Gasteiger partial charge in [-0.15, -0.1) is 0 Å². The highest BCUT2D eigenvalue weighted by Gasteiger charge is 2.44. The predicted molar refractivity (Wildman–Crippen MR) is 347 cm³/mol. The van der Waals surface area contributed by atoms with Gasteiger partial charge in [-0.2, -0.15) is 0 Å². The van der Waals surface area contributed by atoms with E-state index in [1.807, 2.05) is 6.08 Å². The lowest BCUT2D eigenvalue weighted by Gasteiger charge is -2.40. The molecule has 0 aromatic rings. The van der Waals surface area contributed by atoms with Crippen molar-refractivity contribution < 1.29 is 49.3 Å². The van der Waals surface area contributed by atoms with E-state index < -0.39 is 49.5 Å². The number of aliphatic hydroxyl groups is 5. The lowest BCUT2D eigenvalue weighted by atomic mass is 9.99. The normalized spacial score (nSPS) is 18.5. The van der Waals surface area contributed by atoms with Gasteiger partial charge in [-0.25, -0.2) is 0 Å². The first kappa shape index (κ1) is 78.4. The zero-order chi connectivity index (χ0) is 60.2. The van der Waals surface area contributed by atoms with Gasteiger partial charge in [-0.3, -0.25) is 9.59 Å². The Kier molecular flexibility index (Phi) is 57.6. The highest BCUT2D eigenvalue weighted by Crippen LogP contribution is 2.23. The number of esters is 1. The van der Waals surface area contributed by atoms with Crippen LogP contribution in [-0.4, -0.2) is 100 Å². The molecule has 0 aromatic heterocycles. The molecule has 0 saturated carbocycles. The van der Waals surface area contributed by atoms with Crippen molar-refractivity contribution in [3.05, 3.63) is 60.8 Å². The minimum Gasteiger partial charge on any atom is -0.466 e. The Morgan fingerprint density at radius 1 is 0.446 bits per heavy atom. The molecule has 0 bridgehead atoms. The summed E-state index contributed by atoms with van der Waals surface area (Å²) in [6.07, 6.45) is 70.8. The van der Waals surface area contributed by atoms with Crippen molar-refractivity contribution in [2.24, 2.45) is 0 Å². The van der Waals surface area contributed by atoms with Crippen molar-refractivity contribution >= 4 is 11.9 Å². The number of aliphatic hydroxyl groups excluding tert-OH is 5. The maximum absolute atomic E-state index is 13.0. The van der Waals surface area contributed by atoms with Crippen LogP contribution in [0.15, 0.2) is 60.8 Å². The van der Waals surface area contributed by atoms with E-state index in [2.05, 4.69) is 67.8 Å². The average molecular weight is 1170 g/mol. The Morgan fingerprint density at radius 3 is 1.24 bits per heavy atom. The quantitative estimate of drug-likeness (QED) is 0.0195. The van der Waals surface area contributed by atoms with Crippen LogP contribution in [0, 0.1) is 0 Å². The van der Waals surface area contributed by atoms with Crippen molar-refractivity contribution in [1.82, 2.24) is 5.32 Å². The van der Waals surface area contributed by atoms with Gasteiger partial charge >= 0.3 is 5.97 Å². The number of ether oxygens (including phenoxy) is 3. The molecular weight excluding hydrogens is 1040 g/mol. The number of carbonyl (C=O) groups excluding carboxylic acids is 2. The maximum atomic E-state index is 13.0. The summed E-state index contributed by atoms with van der Waals surface area (Å²) in [6.45, 7) is 4.30. The molecule has 0 aliphatic carbocycles. The van der Waals surface area contributed by atoms with E-state index in [9.17, 15) is 35.1 Å². The fourth-order valence-corrected chi connectivity index (χ4v) is 10.8. The molecule has 0 radical (unpaired) electrons. The molecule has 11 nitrogen and oxygen atoms in total. The molecule has 1 fully saturated rings. The van der Waals surface area contributed by atoms with Crippen LogP contribution >= 0.6 is 0 Å². The zero-order valence-corrected chi connectivity index (χ0v) is 53.7. The van der Waals surface area contributed by atoms with Crippen LogP contribution in [-0.2, 0) is 23.8 Å². The molecule has 11 heteroatoms. The second kappa shape index (κ2) is 61.0. The van der Waals surface area contributed by atoms with E-state index in [0.29, 0.717) is 19.4 Å². The number of rotatable bonds is 61. The third-order valence-corrected chi connectivity index (χ3v) is 16.3. The van der Waals surface area contributed by atoms with Gasteiger partial charge in [0.05, 0.1) is 32.0 Å². The molecule has 1 aliphatic heterocycles. The standard InChI is InChI=1S/C72H131NO10/c1-3-5-7-9-11-13-14-15-33-37-40-44-48-52-56-60-68(77)81-61-57-53-49-45-41-38-35-32-30-28-26-24-22-20-18-16-17-19-21-23-25-27-29-31-34-36-39-43-47-51-55-59-67(76)73-64(65(75)58-54-50-46-42-12-10-8-6-4-2)63-82-72-71(80)70(79)69(78)66(62-74)83-72/h11,13,15,18,20,24,26,33,54,58,64-66,69-72,74-75,78-80H,3-10,12,14,16-17,19,21-23,25,27-32,34-53,55-57,59-63H2,1-2H3,(H,73,76)/b13-11-,20-18-,26-24-,33-15-,58-54+. The fraction of sp³-hybridized carbons (Fsp3) is 0.833. The Labute approximate surface area is 509 Å². The van der Waals surface area contributed by atoms with Gasteiger partial charge in [-0.05, 0) is 96.3 Å². The lowest BCUT2D eigenvalue weighted by molar-refractivity contribution is -0.302. The third kappa shape index (κ3) is 50.1. The van der Waals surface area contributed by atoms with Gasteiger partial charge < -0.3 is 45.1 Å². The van der Waals surface area contributed by atoms with Crippen LogP contribution in [0.1, 0.15) is 322 Å². The second-order valence-corrected chi connectivity index (χ2v) is 24.2. The molecule has 7 unspecified atom stereocenters. The van der Waals surface area contributed by atoms with Gasteiger partial charge in [0.2, 0.25) is 5.91 Å². The van der Waals surface area contributed by atoms with Crippen molar-refractivity contribution in [2.45, 2.75) is 365 Å². The first-order valence-corrected chi connectivity index (χ1v) is 35.1. The molecule has 1 amide bonds. The lowest BCUT2D eigenvalue weighted by Crippen LogP contribution is -2.60. The van der Waals surface area contributed by atoms with Crippen LogP contribution < -0.4 is 5.32 Å². The number of carbonyl (C=O) groups is 2. The van der Waals surface area contributed by atoms with Gasteiger partial charge in [0.25, 0.3) is 0 Å². The van der Waals surface area contributed by atoms with Gasteiger partial charge in [0.1, 0.15) is 24.4 Å². The molecule has 1 aliphatic rings. The first-order chi connectivity index (χ1) is 40.7. The highest BCUT2D eigenvalue weighted by molar-refractivity contribution is 5.76. The van der Waals surface area contributed by atoms with Gasteiger partial charge in [0, 0.05) is 12.8 Å². The second-order valence-electron chi connectivity index (χ2n) is 24.2. The van der Waals surface area contributed by atoms with Gasteiger partial charge in [0.15, 0.2) is 6.29 Å². The molecule has 0 aromatic carbocycles. The van der Waals surface area contributed by atoms with Crippen molar-refractivity contribution in [2.75, 3.05) is 19.8 Å².